The molecule has 0 unspecified atom stereocenters. The van der Waals surface area contributed by atoms with E-state index < -0.39 is 0 Å². The topological polar surface area (TPSA) is 51.8 Å². The molecule has 7 aromatic carbocycles. The van der Waals surface area contributed by atoms with E-state index in [1.807, 2.05) is 48.5 Å². The summed E-state index contributed by atoms with van der Waals surface area (Å²) >= 11 is 0. The van der Waals surface area contributed by atoms with Gasteiger partial charge in [0.25, 0.3) is 0 Å². The van der Waals surface area contributed by atoms with Gasteiger partial charge in [-0.05, 0) is 45.5 Å². The number of hydrogen-bond acceptors (Lipinski definition) is 4. The largest absolute Gasteiger partial charge is 0.455 e. The molecule has 0 bridgehead atoms. The van der Waals surface area contributed by atoms with Gasteiger partial charge < -0.3 is 4.42 Å². The molecule has 45 heavy (non-hydrogen) atoms. The van der Waals surface area contributed by atoms with Crippen LogP contribution >= 0.6 is 0 Å². The van der Waals surface area contributed by atoms with Crippen molar-refractivity contribution in [2.24, 2.45) is 0 Å². The van der Waals surface area contributed by atoms with Gasteiger partial charge in [0.1, 0.15) is 11.2 Å². The van der Waals surface area contributed by atoms with E-state index in [1.54, 1.807) is 0 Å². The second-order valence-electron chi connectivity index (χ2n) is 11.2. The van der Waals surface area contributed by atoms with Crippen LogP contribution in [0.4, 0.5) is 0 Å². The standard InChI is InChI=1S/C41H25N3O/c1-3-13-27(14-4-1)32-20-11-18-30-25-34(37-33-19-9-10-21-35(33)45-38(37)36(30)32)41-43-39(28-15-5-2-6-16-28)42-40(44-41)31-23-22-26-12-7-8-17-29(26)24-31/h1-25H. The zero-order valence-corrected chi connectivity index (χ0v) is 24.2. The van der Waals surface area contributed by atoms with E-state index in [0.29, 0.717) is 17.5 Å². The van der Waals surface area contributed by atoms with Crippen LogP contribution in [0.2, 0.25) is 0 Å². The Morgan fingerprint density at radius 2 is 1.02 bits per heavy atom. The van der Waals surface area contributed by atoms with Crippen molar-refractivity contribution in [2.75, 3.05) is 0 Å². The fourth-order valence-corrected chi connectivity index (χ4v) is 6.37. The Balaban J connectivity index is 1.37. The van der Waals surface area contributed by atoms with Crippen LogP contribution in [0.25, 0.3) is 88.8 Å². The number of nitrogens with zero attached hydrogens (tertiary/aromatic N) is 3. The van der Waals surface area contributed by atoms with E-state index >= 15 is 0 Å². The van der Waals surface area contributed by atoms with Crippen LogP contribution in [-0.2, 0) is 0 Å². The summed E-state index contributed by atoms with van der Waals surface area (Å²) in [6.45, 7) is 0. The quantitative estimate of drug-likeness (QED) is 0.209. The molecule has 0 aliphatic rings. The maximum absolute atomic E-state index is 6.70. The van der Waals surface area contributed by atoms with Crippen molar-refractivity contribution >= 4 is 43.5 Å². The minimum atomic E-state index is 0.607. The molecule has 0 fully saturated rings. The summed E-state index contributed by atoms with van der Waals surface area (Å²) in [6, 6.07) is 52.1. The van der Waals surface area contributed by atoms with Gasteiger partial charge in [-0.15, -0.1) is 0 Å². The van der Waals surface area contributed by atoms with Crippen LogP contribution in [0, 0.1) is 0 Å². The molecule has 0 aliphatic carbocycles. The van der Waals surface area contributed by atoms with Crippen molar-refractivity contribution in [2.45, 2.75) is 0 Å². The average molecular weight is 576 g/mol. The fraction of sp³-hybridized carbons (Fsp3) is 0. The van der Waals surface area contributed by atoms with E-state index in [-0.39, 0.29) is 0 Å². The van der Waals surface area contributed by atoms with Gasteiger partial charge in [0.15, 0.2) is 17.5 Å². The summed E-state index contributed by atoms with van der Waals surface area (Å²) in [5.41, 5.74) is 6.71. The van der Waals surface area contributed by atoms with Crippen LogP contribution in [0.15, 0.2) is 156 Å². The van der Waals surface area contributed by atoms with Gasteiger partial charge in [-0.25, -0.2) is 15.0 Å². The lowest BCUT2D eigenvalue weighted by molar-refractivity contribution is 0.673. The van der Waals surface area contributed by atoms with Crippen molar-refractivity contribution in [3.8, 4) is 45.3 Å². The van der Waals surface area contributed by atoms with Gasteiger partial charge in [-0.2, -0.15) is 0 Å². The minimum absolute atomic E-state index is 0.607. The molecule has 0 amide bonds. The Morgan fingerprint density at radius 1 is 0.378 bits per heavy atom. The second kappa shape index (κ2) is 10.2. The van der Waals surface area contributed by atoms with Crippen molar-refractivity contribution in [3.05, 3.63) is 152 Å². The third-order valence-corrected chi connectivity index (χ3v) is 8.49. The third-order valence-electron chi connectivity index (χ3n) is 8.49. The summed E-state index contributed by atoms with van der Waals surface area (Å²) in [6.07, 6.45) is 0. The Morgan fingerprint density at radius 3 is 1.84 bits per heavy atom. The van der Waals surface area contributed by atoms with Crippen LogP contribution < -0.4 is 0 Å². The SMILES string of the molecule is c1ccc(-c2nc(-c3ccc4ccccc4c3)nc(-c3cc4cccc(-c5ccccc5)c4c4oc5ccccc5c34)n2)cc1. The predicted molar refractivity (Wildman–Crippen MR) is 184 cm³/mol. The fourth-order valence-electron chi connectivity index (χ4n) is 6.37. The molecule has 0 spiro atoms. The highest BCUT2D eigenvalue weighted by Crippen LogP contribution is 2.44. The van der Waals surface area contributed by atoms with Gasteiger partial charge in [-0.3, -0.25) is 0 Å². The lowest BCUT2D eigenvalue weighted by Gasteiger charge is -2.12. The number of hydrogen-bond donors (Lipinski definition) is 0. The molecule has 9 aromatic rings. The Hall–Kier alpha value is -6.13. The third kappa shape index (κ3) is 4.27. The molecular formula is C41H25N3O. The maximum Gasteiger partial charge on any atom is 0.164 e. The number of benzene rings is 7. The molecule has 4 heteroatoms. The highest BCUT2D eigenvalue weighted by Gasteiger charge is 2.22. The van der Waals surface area contributed by atoms with Crippen LogP contribution in [-0.4, -0.2) is 15.0 Å². The van der Waals surface area contributed by atoms with Crippen molar-refractivity contribution in [1.82, 2.24) is 15.0 Å². The first-order valence-electron chi connectivity index (χ1n) is 15.0. The van der Waals surface area contributed by atoms with Crippen molar-refractivity contribution in [1.29, 1.82) is 0 Å². The number of para-hydroxylation sites is 1. The van der Waals surface area contributed by atoms with Gasteiger partial charge in [0.2, 0.25) is 0 Å². The molecule has 4 nitrogen and oxygen atoms in total. The first-order valence-corrected chi connectivity index (χ1v) is 15.0. The van der Waals surface area contributed by atoms with E-state index in [0.717, 1.165) is 65.9 Å². The molecule has 210 valence electrons. The number of rotatable bonds is 4. The number of fused-ring (bicyclic) bond motifs is 6. The summed E-state index contributed by atoms with van der Waals surface area (Å²) in [7, 11) is 0. The normalized spacial score (nSPS) is 11.6. The Kier molecular flexibility index (Phi) is 5.78. The lowest BCUT2D eigenvalue weighted by atomic mass is 9.93. The molecule has 0 saturated heterocycles. The Labute approximate surface area is 259 Å². The van der Waals surface area contributed by atoms with Crippen LogP contribution in [0.3, 0.4) is 0 Å². The molecule has 0 saturated carbocycles. The molecule has 0 N–H and O–H groups in total. The van der Waals surface area contributed by atoms with Crippen LogP contribution in [0.5, 0.6) is 0 Å². The molecule has 0 radical (unpaired) electrons. The molecule has 2 heterocycles. The zero-order valence-electron chi connectivity index (χ0n) is 24.2. The second-order valence-corrected chi connectivity index (χ2v) is 11.2. The first-order chi connectivity index (χ1) is 22.3. The van der Waals surface area contributed by atoms with Gasteiger partial charge in [0, 0.05) is 32.8 Å². The molecular weight excluding hydrogens is 550 g/mol. The van der Waals surface area contributed by atoms with E-state index in [9.17, 15) is 0 Å². The summed E-state index contributed by atoms with van der Waals surface area (Å²) < 4.78 is 6.70. The molecule has 9 rings (SSSR count). The maximum atomic E-state index is 6.70. The van der Waals surface area contributed by atoms with Gasteiger partial charge in [0.05, 0.1) is 0 Å². The highest BCUT2D eigenvalue weighted by molar-refractivity contribution is 6.23. The zero-order chi connectivity index (χ0) is 29.7. The number of furan rings is 1. The summed E-state index contributed by atoms with van der Waals surface area (Å²) in [5, 5.41) is 6.48. The summed E-state index contributed by atoms with van der Waals surface area (Å²) in [5.74, 6) is 1.86. The molecule has 2 aromatic heterocycles. The predicted octanol–water partition coefficient (Wildman–Crippen LogP) is 10.7. The molecule has 0 aliphatic heterocycles. The van der Waals surface area contributed by atoms with Crippen molar-refractivity contribution < 1.29 is 4.42 Å². The molecule has 0 atom stereocenters. The summed E-state index contributed by atoms with van der Waals surface area (Å²) in [4.78, 5) is 15.3. The monoisotopic (exact) mass is 575 g/mol. The van der Waals surface area contributed by atoms with Crippen molar-refractivity contribution in [3.63, 3.8) is 0 Å². The smallest absolute Gasteiger partial charge is 0.164 e. The highest BCUT2D eigenvalue weighted by atomic mass is 16.3. The van der Waals surface area contributed by atoms with Gasteiger partial charge in [-0.1, -0.05) is 133 Å². The number of aromatic nitrogens is 3. The lowest BCUT2D eigenvalue weighted by Crippen LogP contribution is -2.00. The van der Waals surface area contributed by atoms with E-state index in [2.05, 4.69) is 103 Å². The van der Waals surface area contributed by atoms with E-state index in [1.165, 1.54) is 5.39 Å². The Bertz CT molecular complexity index is 2540. The van der Waals surface area contributed by atoms with Crippen LogP contribution in [0.1, 0.15) is 0 Å². The average Bonchev–Trinajstić information content (AvgIpc) is 3.51. The first kappa shape index (κ1) is 25.4. The van der Waals surface area contributed by atoms with E-state index in [4.69, 9.17) is 19.4 Å². The van der Waals surface area contributed by atoms with Gasteiger partial charge >= 0.3 is 0 Å². The minimum Gasteiger partial charge on any atom is -0.455 e.